The fraction of sp³-hybridized carbons (Fsp3) is 0.714. The first kappa shape index (κ1) is 20.4. The Morgan fingerprint density at radius 2 is 2.17 bits per heavy atom. The molecule has 4 heterocycles. The molecule has 4 rings (SSSR count). The lowest BCUT2D eigenvalue weighted by molar-refractivity contribution is 0.0922. The summed E-state index contributed by atoms with van der Waals surface area (Å²) >= 11 is 0. The van der Waals surface area contributed by atoms with Crippen LogP contribution in [0.4, 0.5) is 5.95 Å². The molecule has 8 heteroatoms. The quantitative estimate of drug-likeness (QED) is 0.628. The lowest BCUT2D eigenvalue weighted by atomic mass is 10.1. The van der Waals surface area contributed by atoms with Gasteiger partial charge >= 0.3 is 0 Å². The van der Waals surface area contributed by atoms with E-state index in [1.807, 2.05) is 6.92 Å². The molecule has 2 aliphatic rings. The van der Waals surface area contributed by atoms with Gasteiger partial charge < -0.3 is 18.9 Å². The van der Waals surface area contributed by atoms with Crippen molar-refractivity contribution in [3.05, 3.63) is 18.3 Å². The van der Waals surface area contributed by atoms with Crippen LogP contribution >= 0.6 is 0 Å². The largest absolute Gasteiger partial charge is 0.381 e. The maximum atomic E-state index is 5.63. The fourth-order valence-electron chi connectivity index (χ4n) is 4.40. The number of ether oxygens (including phenoxy) is 2. The summed E-state index contributed by atoms with van der Waals surface area (Å²) < 4.78 is 15.6. The molecule has 160 valence electrons. The molecule has 0 spiro atoms. The van der Waals surface area contributed by atoms with E-state index in [0.717, 1.165) is 83.0 Å². The van der Waals surface area contributed by atoms with Crippen LogP contribution in [0.3, 0.4) is 0 Å². The first-order valence-electron chi connectivity index (χ1n) is 10.9. The van der Waals surface area contributed by atoms with Crippen molar-refractivity contribution >= 4 is 5.95 Å². The van der Waals surface area contributed by atoms with Crippen LogP contribution < -0.4 is 4.90 Å². The van der Waals surface area contributed by atoms with Gasteiger partial charge in [0.1, 0.15) is 0 Å². The molecule has 2 aliphatic heterocycles. The summed E-state index contributed by atoms with van der Waals surface area (Å²) in [7, 11) is 2.06. The van der Waals surface area contributed by atoms with Gasteiger partial charge in [-0.25, -0.2) is 0 Å². The van der Waals surface area contributed by atoms with Crippen molar-refractivity contribution in [2.45, 2.75) is 32.9 Å². The maximum Gasteiger partial charge on any atom is 0.227 e. The summed E-state index contributed by atoms with van der Waals surface area (Å²) in [5.74, 6) is 2.46. The van der Waals surface area contributed by atoms with Crippen molar-refractivity contribution in [3.63, 3.8) is 0 Å². The Bertz CT molecular complexity index is 782. The molecule has 0 saturated carbocycles. The molecule has 0 aliphatic carbocycles. The van der Waals surface area contributed by atoms with Crippen molar-refractivity contribution in [2.24, 2.45) is 13.0 Å². The Kier molecular flexibility index (Phi) is 6.52. The van der Waals surface area contributed by atoms with Gasteiger partial charge in [-0.15, -0.1) is 10.2 Å². The van der Waals surface area contributed by atoms with Gasteiger partial charge in [-0.05, 0) is 32.4 Å². The van der Waals surface area contributed by atoms with Crippen molar-refractivity contribution in [2.75, 3.05) is 57.5 Å². The number of rotatable bonds is 8. The number of hydrogen-bond donors (Lipinski definition) is 0. The van der Waals surface area contributed by atoms with Gasteiger partial charge in [0.15, 0.2) is 5.82 Å². The standard InChI is InChI=1S/C21H34N6O2/c1-4-28-13-11-25-9-10-26(14-17(25)2)21-23-22-20(19-6-5-8-24(19)3)27(21)15-18-7-12-29-16-18/h5-6,8,17-18H,4,7,9-16H2,1-3H3/t17-,18-/m1/s1. The molecular formula is C21H34N6O2. The second-order valence-corrected chi connectivity index (χ2v) is 8.20. The number of piperazine rings is 1. The van der Waals surface area contributed by atoms with Crippen LogP contribution in [0.15, 0.2) is 18.3 Å². The van der Waals surface area contributed by atoms with E-state index in [0.29, 0.717) is 12.0 Å². The van der Waals surface area contributed by atoms with E-state index in [9.17, 15) is 0 Å². The highest BCUT2D eigenvalue weighted by molar-refractivity contribution is 5.54. The zero-order valence-electron chi connectivity index (χ0n) is 18.0. The van der Waals surface area contributed by atoms with Gasteiger partial charge in [-0.1, -0.05) is 0 Å². The summed E-state index contributed by atoms with van der Waals surface area (Å²) in [5, 5.41) is 9.27. The third kappa shape index (κ3) is 4.49. The van der Waals surface area contributed by atoms with Crippen LogP contribution in [0.1, 0.15) is 20.3 Å². The normalized spacial score (nSPS) is 23.2. The highest BCUT2D eigenvalue weighted by Gasteiger charge is 2.29. The summed E-state index contributed by atoms with van der Waals surface area (Å²) in [6.45, 7) is 12.4. The monoisotopic (exact) mass is 402 g/mol. The molecule has 8 nitrogen and oxygen atoms in total. The van der Waals surface area contributed by atoms with Gasteiger partial charge in [-0.3, -0.25) is 9.47 Å². The summed E-state index contributed by atoms with van der Waals surface area (Å²) in [6, 6.07) is 4.64. The molecule has 2 aromatic heterocycles. The number of aromatic nitrogens is 4. The minimum absolute atomic E-state index is 0.461. The van der Waals surface area contributed by atoms with Crippen LogP contribution in [-0.2, 0) is 23.1 Å². The highest BCUT2D eigenvalue weighted by atomic mass is 16.5. The lowest BCUT2D eigenvalue weighted by Gasteiger charge is -2.40. The fourth-order valence-corrected chi connectivity index (χ4v) is 4.40. The number of hydrogen-bond acceptors (Lipinski definition) is 6. The van der Waals surface area contributed by atoms with Gasteiger partial charge in [-0.2, -0.15) is 0 Å². The van der Waals surface area contributed by atoms with Crippen LogP contribution in [0.2, 0.25) is 0 Å². The first-order valence-corrected chi connectivity index (χ1v) is 10.9. The summed E-state index contributed by atoms with van der Waals surface area (Å²) in [5.41, 5.74) is 1.10. The third-order valence-corrected chi connectivity index (χ3v) is 6.14. The van der Waals surface area contributed by atoms with E-state index in [4.69, 9.17) is 9.47 Å². The van der Waals surface area contributed by atoms with Crippen molar-refractivity contribution in [1.29, 1.82) is 0 Å². The molecule has 0 unspecified atom stereocenters. The van der Waals surface area contributed by atoms with Crippen LogP contribution in [0.5, 0.6) is 0 Å². The molecule has 0 radical (unpaired) electrons. The minimum atomic E-state index is 0.461. The highest BCUT2D eigenvalue weighted by Crippen LogP contribution is 2.27. The third-order valence-electron chi connectivity index (χ3n) is 6.14. The maximum absolute atomic E-state index is 5.63. The van der Waals surface area contributed by atoms with Crippen molar-refractivity contribution < 1.29 is 9.47 Å². The van der Waals surface area contributed by atoms with Gasteiger partial charge in [0.2, 0.25) is 5.95 Å². The van der Waals surface area contributed by atoms with Crippen LogP contribution in [0, 0.1) is 5.92 Å². The number of aryl methyl sites for hydroxylation is 1. The lowest BCUT2D eigenvalue weighted by Crippen LogP contribution is -2.53. The van der Waals surface area contributed by atoms with E-state index < -0.39 is 0 Å². The summed E-state index contributed by atoms with van der Waals surface area (Å²) in [6.07, 6.45) is 3.16. The Labute approximate surface area is 173 Å². The molecule has 2 atom stereocenters. The number of anilines is 1. The van der Waals surface area contributed by atoms with Gasteiger partial charge in [0.25, 0.3) is 0 Å². The van der Waals surface area contributed by atoms with Crippen molar-refractivity contribution in [3.8, 4) is 11.5 Å². The molecule has 2 aromatic rings. The SMILES string of the molecule is CCOCCN1CCN(c2nnc(-c3cccn3C)n2C[C@H]2CCOC2)C[C@H]1C. The average Bonchev–Trinajstić information content (AvgIpc) is 3.45. The van der Waals surface area contributed by atoms with Gasteiger partial charge in [0, 0.05) is 71.1 Å². The second-order valence-electron chi connectivity index (χ2n) is 8.20. The smallest absolute Gasteiger partial charge is 0.227 e. The topological polar surface area (TPSA) is 60.6 Å². The van der Waals surface area contributed by atoms with E-state index >= 15 is 0 Å². The molecule has 2 fully saturated rings. The molecule has 0 N–H and O–H groups in total. The average molecular weight is 403 g/mol. The van der Waals surface area contributed by atoms with Crippen LogP contribution in [-0.4, -0.2) is 82.9 Å². The Balaban J connectivity index is 1.54. The Morgan fingerprint density at radius 3 is 2.86 bits per heavy atom. The van der Waals surface area contributed by atoms with E-state index in [1.54, 1.807) is 0 Å². The predicted molar refractivity (Wildman–Crippen MR) is 113 cm³/mol. The van der Waals surface area contributed by atoms with E-state index in [1.165, 1.54) is 0 Å². The zero-order chi connectivity index (χ0) is 20.2. The molecule has 0 bridgehead atoms. The molecule has 0 aromatic carbocycles. The summed E-state index contributed by atoms with van der Waals surface area (Å²) in [4.78, 5) is 4.91. The van der Waals surface area contributed by atoms with Crippen LogP contribution in [0.25, 0.3) is 11.5 Å². The van der Waals surface area contributed by atoms with E-state index in [-0.39, 0.29) is 0 Å². The molecular weight excluding hydrogens is 368 g/mol. The molecule has 2 saturated heterocycles. The van der Waals surface area contributed by atoms with E-state index in [2.05, 4.69) is 61.4 Å². The van der Waals surface area contributed by atoms with Gasteiger partial charge in [0.05, 0.1) is 18.9 Å². The second kappa shape index (κ2) is 9.28. The molecule has 0 amide bonds. The number of nitrogens with zero attached hydrogens (tertiary/aromatic N) is 6. The Hall–Kier alpha value is -1.90. The zero-order valence-corrected chi connectivity index (χ0v) is 18.0. The van der Waals surface area contributed by atoms with Crippen molar-refractivity contribution in [1.82, 2.24) is 24.2 Å². The predicted octanol–water partition coefficient (Wildman–Crippen LogP) is 1.87. The first-order chi connectivity index (χ1) is 14.2. The Morgan fingerprint density at radius 1 is 1.28 bits per heavy atom. The minimum Gasteiger partial charge on any atom is -0.381 e. The molecule has 29 heavy (non-hydrogen) atoms.